The second-order valence-electron chi connectivity index (χ2n) is 6.75. The first-order valence-corrected chi connectivity index (χ1v) is 10.1. The van der Waals surface area contributed by atoms with Crippen molar-refractivity contribution in [1.82, 2.24) is 5.43 Å². The van der Waals surface area contributed by atoms with Crippen LogP contribution in [-0.4, -0.2) is 24.8 Å². The van der Waals surface area contributed by atoms with Crippen LogP contribution >= 0.6 is 23.2 Å². The number of hydrogen-bond donors (Lipinski definition) is 3. The molecule has 1 atom stereocenters. The normalized spacial score (nSPS) is 15.9. The Kier molecular flexibility index (Phi) is 7.62. The predicted octanol–water partition coefficient (Wildman–Crippen LogP) is 2.82. The van der Waals surface area contributed by atoms with Crippen LogP contribution in [0.3, 0.4) is 0 Å². The Morgan fingerprint density at radius 3 is 2.42 bits per heavy atom. The minimum atomic E-state index is -0.924. The van der Waals surface area contributed by atoms with Crippen molar-refractivity contribution < 1.29 is 23.8 Å². The molecule has 5 N–H and O–H groups in total. The highest BCUT2D eigenvalue weighted by Gasteiger charge is 2.24. The van der Waals surface area contributed by atoms with E-state index in [1.165, 1.54) is 0 Å². The monoisotopic (exact) mass is 465 g/mol. The van der Waals surface area contributed by atoms with Gasteiger partial charge >= 0.3 is 11.9 Å². The first-order valence-electron chi connectivity index (χ1n) is 9.38. The molecule has 31 heavy (non-hydrogen) atoms. The molecule has 0 bridgehead atoms. The van der Waals surface area contributed by atoms with Crippen LogP contribution < -0.4 is 17.0 Å². The van der Waals surface area contributed by atoms with E-state index in [0.717, 1.165) is 17.5 Å². The summed E-state index contributed by atoms with van der Waals surface area (Å²) in [5.41, 5.74) is 10.2. The number of nitrogens with one attached hydrogen (secondary N) is 1. The summed E-state index contributed by atoms with van der Waals surface area (Å²) in [6, 6.07) is 11.9. The molecular weight excluding hydrogens is 445 g/mol. The topological polar surface area (TPSA) is 126 Å². The van der Waals surface area contributed by atoms with Gasteiger partial charge in [-0.2, -0.15) is 0 Å². The molecule has 8 nitrogen and oxygen atoms in total. The van der Waals surface area contributed by atoms with Crippen molar-refractivity contribution in [2.75, 3.05) is 6.79 Å². The number of fused-ring (bicyclic) bond motifs is 1. The number of ether oxygens (including phenoxy) is 3. The van der Waals surface area contributed by atoms with Crippen molar-refractivity contribution in [1.29, 1.82) is 0 Å². The fraction of sp³-hybridized carbons (Fsp3) is 0.238. The molecule has 0 aromatic heterocycles. The van der Waals surface area contributed by atoms with Gasteiger partial charge in [-0.1, -0.05) is 41.4 Å². The Balaban J connectivity index is 1.57. The maximum atomic E-state index is 12.2. The molecule has 2 aromatic rings. The average molecular weight is 466 g/mol. The van der Waals surface area contributed by atoms with Crippen LogP contribution in [0.1, 0.15) is 27.9 Å². The third kappa shape index (κ3) is 5.81. The molecule has 0 fully saturated rings. The molecule has 0 radical (unpaired) electrons. The fourth-order valence-electron chi connectivity index (χ4n) is 3.15. The van der Waals surface area contributed by atoms with Crippen molar-refractivity contribution in [2.45, 2.75) is 25.4 Å². The molecule has 1 aliphatic carbocycles. The molecule has 0 saturated carbocycles. The van der Waals surface area contributed by atoms with Gasteiger partial charge in [-0.15, -0.1) is 0 Å². The van der Waals surface area contributed by atoms with Crippen molar-refractivity contribution in [3.05, 3.63) is 80.8 Å². The van der Waals surface area contributed by atoms with Crippen LogP contribution in [-0.2, 0) is 31.8 Å². The van der Waals surface area contributed by atoms with Gasteiger partial charge in [0.1, 0.15) is 6.10 Å². The number of esters is 2. The van der Waals surface area contributed by atoms with E-state index in [0.29, 0.717) is 28.5 Å². The van der Waals surface area contributed by atoms with Crippen LogP contribution in [0.5, 0.6) is 0 Å². The van der Waals surface area contributed by atoms with Crippen molar-refractivity contribution >= 4 is 35.1 Å². The summed E-state index contributed by atoms with van der Waals surface area (Å²) in [6.45, 7) is -0.610. The minimum absolute atomic E-state index is 0.226. The van der Waals surface area contributed by atoms with E-state index < -0.39 is 18.7 Å². The summed E-state index contributed by atoms with van der Waals surface area (Å²) in [5.74, 6) is 3.62. The quantitative estimate of drug-likeness (QED) is 0.142. The molecule has 0 heterocycles. The number of rotatable bonds is 7. The van der Waals surface area contributed by atoms with E-state index in [4.69, 9.17) is 49.0 Å². The van der Waals surface area contributed by atoms with Gasteiger partial charge in [-0.25, -0.2) is 9.59 Å². The molecule has 0 saturated heterocycles. The second kappa shape index (κ2) is 10.4. The number of hydrogen-bond acceptors (Lipinski definition) is 8. The van der Waals surface area contributed by atoms with Gasteiger partial charge in [-0.05, 0) is 48.2 Å². The number of nitrogens with two attached hydrogens (primary N) is 2. The summed E-state index contributed by atoms with van der Waals surface area (Å²) in [7, 11) is 0. The summed E-state index contributed by atoms with van der Waals surface area (Å²) >= 11 is 12.2. The van der Waals surface area contributed by atoms with Crippen molar-refractivity contribution in [2.24, 2.45) is 11.6 Å². The molecule has 0 amide bonds. The zero-order valence-electron chi connectivity index (χ0n) is 16.4. The lowest BCUT2D eigenvalue weighted by molar-refractivity contribution is -0.148. The molecular formula is C21H21Cl2N3O5. The number of halogens is 2. The number of carbonyl (C=O) groups is 2. The van der Waals surface area contributed by atoms with E-state index in [1.54, 1.807) is 36.4 Å². The Morgan fingerprint density at radius 1 is 1.06 bits per heavy atom. The molecule has 1 unspecified atom stereocenters. The Bertz CT molecular complexity index is 998. The van der Waals surface area contributed by atoms with Gasteiger partial charge in [0.2, 0.25) is 12.7 Å². The van der Waals surface area contributed by atoms with Crippen LogP contribution in [0, 0.1) is 0 Å². The van der Waals surface area contributed by atoms with Gasteiger partial charge in [0.05, 0.1) is 15.6 Å². The first kappa shape index (κ1) is 22.7. The van der Waals surface area contributed by atoms with Crippen LogP contribution in [0.4, 0.5) is 0 Å². The highest BCUT2D eigenvalue weighted by Crippen LogP contribution is 2.31. The Hall–Kier alpha value is -2.94. The average Bonchev–Trinajstić information content (AvgIpc) is 2.76. The summed E-state index contributed by atoms with van der Waals surface area (Å²) in [5, 5.41) is 0.965. The van der Waals surface area contributed by atoms with Crippen molar-refractivity contribution in [3.8, 4) is 0 Å². The zero-order valence-corrected chi connectivity index (χ0v) is 17.9. The maximum Gasteiger partial charge on any atom is 0.364 e. The van der Waals surface area contributed by atoms with E-state index in [2.05, 4.69) is 5.43 Å². The van der Waals surface area contributed by atoms with Crippen molar-refractivity contribution in [3.63, 3.8) is 0 Å². The molecule has 3 rings (SSSR count). The fourth-order valence-corrected chi connectivity index (χ4v) is 3.52. The molecule has 0 aliphatic heterocycles. The minimum Gasteiger partial charge on any atom is -0.474 e. The first-order chi connectivity index (χ1) is 14.9. The predicted molar refractivity (Wildman–Crippen MR) is 115 cm³/mol. The van der Waals surface area contributed by atoms with Gasteiger partial charge in [-0.3, -0.25) is 5.84 Å². The van der Waals surface area contributed by atoms with Gasteiger partial charge in [0.15, 0.2) is 5.70 Å². The Morgan fingerprint density at radius 2 is 1.74 bits per heavy atom. The maximum absolute atomic E-state index is 12.2. The van der Waals surface area contributed by atoms with Crippen LogP contribution in [0.25, 0.3) is 0 Å². The van der Waals surface area contributed by atoms with Gasteiger partial charge in [0.25, 0.3) is 0 Å². The Labute approximate surface area is 189 Å². The lowest BCUT2D eigenvalue weighted by Crippen LogP contribution is -2.34. The van der Waals surface area contributed by atoms with E-state index in [9.17, 15) is 9.59 Å². The van der Waals surface area contributed by atoms with E-state index >= 15 is 0 Å². The SMILES string of the molecule is NN/C(C(=O)OCOC(=O)c1ccccc1)=C(\N)OC1CCc2cc(Cl)c(Cl)cc2C1. The lowest BCUT2D eigenvalue weighted by atomic mass is 9.90. The zero-order chi connectivity index (χ0) is 22.4. The number of aryl methyl sites for hydroxylation is 1. The van der Waals surface area contributed by atoms with Crippen LogP contribution in [0.15, 0.2) is 54.0 Å². The largest absolute Gasteiger partial charge is 0.474 e. The number of benzene rings is 2. The van der Waals surface area contributed by atoms with Gasteiger partial charge in [0, 0.05) is 6.42 Å². The third-order valence-corrected chi connectivity index (χ3v) is 5.43. The summed E-state index contributed by atoms with van der Waals surface area (Å²) < 4.78 is 15.5. The van der Waals surface area contributed by atoms with E-state index in [1.807, 2.05) is 6.07 Å². The molecule has 1 aliphatic rings. The lowest BCUT2D eigenvalue weighted by Gasteiger charge is -2.26. The molecule has 0 spiro atoms. The highest BCUT2D eigenvalue weighted by atomic mass is 35.5. The van der Waals surface area contributed by atoms with E-state index in [-0.39, 0.29) is 17.7 Å². The smallest absolute Gasteiger partial charge is 0.364 e. The van der Waals surface area contributed by atoms with Crippen LogP contribution in [0.2, 0.25) is 10.0 Å². The molecule has 2 aromatic carbocycles. The second-order valence-corrected chi connectivity index (χ2v) is 7.56. The number of carbonyl (C=O) groups excluding carboxylic acids is 2. The summed E-state index contributed by atoms with van der Waals surface area (Å²) in [6.07, 6.45) is 1.62. The van der Waals surface area contributed by atoms with Gasteiger partial charge < -0.3 is 25.4 Å². The number of hydrazine groups is 1. The molecule has 164 valence electrons. The third-order valence-electron chi connectivity index (χ3n) is 4.70. The molecule has 10 heteroatoms. The standard InChI is InChI=1S/C21H21Cl2N3O5/c22-16-9-13-6-7-15(8-14(13)10-17(16)23)31-19(24)18(26-25)21(28)30-11-29-20(27)12-4-2-1-3-5-12/h1-5,9-10,15,26H,6-8,11,24-25H2/b19-18+. The summed E-state index contributed by atoms with van der Waals surface area (Å²) in [4.78, 5) is 24.1. The highest BCUT2D eigenvalue weighted by molar-refractivity contribution is 6.42.